The lowest BCUT2D eigenvalue weighted by Crippen LogP contribution is -2.44. The Morgan fingerprint density at radius 1 is 1.07 bits per heavy atom. The van der Waals surface area contributed by atoms with Crippen LogP contribution in [0.15, 0.2) is 0 Å². The number of hydrogen-bond donors (Lipinski definition) is 1. The zero-order valence-corrected chi connectivity index (χ0v) is 7.96. The van der Waals surface area contributed by atoms with Gasteiger partial charge in [0.05, 0.1) is 19.6 Å². The van der Waals surface area contributed by atoms with Crippen molar-refractivity contribution >= 4 is 0 Å². The highest BCUT2D eigenvalue weighted by molar-refractivity contribution is 4.73. The van der Waals surface area contributed by atoms with Crippen molar-refractivity contribution in [1.29, 1.82) is 0 Å². The molecule has 0 heterocycles. The van der Waals surface area contributed by atoms with Crippen LogP contribution < -0.4 is 5.32 Å². The van der Waals surface area contributed by atoms with Crippen LogP contribution >= 0.6 is 0 Å². The summed E-state index contributed by atoms with van der Waals surface area (Å²) in [6.07, 6.45) is -4.44. The third-order valence-corrected chi connectivity index (χ3v) is 1.39. The molecule has 0 fully saturated rings. The van der Waals surface area contributed by atoms with E-state index in [1.165, 1.54) is 7.05 Å². The van der Waals surface area contributed by atoms with Crippen molar-refractivity contribution in [2.24, 2.45) is 0 Å². The van der Waals surface area contributed by atoms with Gasteiger partial charge in [-0.1, -0.05) is 0 Å². The Kier molecular flexibility index (Phi) is 4.73. The van der Waals surface area contributed by atoms with Crippen LogP contribution in [0.3, 0.4) is 0 Å². The average molecular weight is 220 g/mol. The van der Waals surface area contributed by atoms with Crippen molar-refractivity contribution in [1.82, 2.24) is 10.2 Å². The van der Waals surface area contributed by atoms with Crippen LogP contribution in [0.25, 0.3) is 0 Å². The topological polar surface area (TPSA) is 15.3 Å². The molecule has 0 saturated heterocycles. The maximum atomic E-state index is 12.8. The Bertz CT molecular complexity index is 168. The number of halogens is 5. The van der Waals surface area contributed by atoms with Gasteiger partial charge in [-0.05, 0) is 14.1 Å². The second kappa shape index (κ2) is 4.88. The summed E-state index contributed by atoms with van der Waals surface area (Å²) < 4.78 is 60.9. The van der Waals surface area contributed by atoms with Gasteiger partial charge in [0.2, 0.25) is 0 Å². The third-order valence-electron chi connectivity index (χ3n) is 1.39. The first-order valence-electron chi connectivity index (χ1n) is 3.94. The highest BCUT2D eigenvalue weighted by Crippen LogP contribution is 2.19. The van der Waals surface area contributed by atoms with E-state index in [-0.39, 0.29) is 0 Å². The summed E-state index contributed by atoms with van der Waals surface area (Å²) in [6.45, 7) is -2.87. The minimum atomic E-state index is -4.44. The molecule has 0 saturated carbocycles. The Morgan fingerprint density at radius 3 is 1.93 bits per heavy atom. The van der Waals surface area contributed by atoms with Gasteiger partial charge in [-0.15, -0.1) is 0 Å². The lowest BCUT2D eigenvalue weighted by atomic mass is 10.3. The molecule has 0 amide bonds. The van der Waals surface area contributed by atoms with E-state index in [9.17, 15) is 22.0 Å². The summed E-state index contributed by atoms with van der Waals surface area (Å²) in [5.41, 5.74) is 0. The molecule has 0 aromatic carbocycles. The normalized spacial score (nSPS) is 13.7. The number of hydrogen-bond acceptors (Lipinski definition) is 2. The van der Waals surface area contributed by atoms with Crippen LogP contribution in [-0.2, 0) is 0 Å². The van der Waals surface area contributed by atoms with Gasteiger partial charge in [-0.3, -0.25) is 4.90 Å². The van der Waals surface area contributed by atoms with Crippen LogP contribution in [0.5, 0.6) is 0 Å². The average Bonchev–Trinajstić information content (AvgIpc) is 1.78. The van der Waals surface area contributed by atoms with Gasteiger partial charge in [-0.2, -0.15) is 13.2 Å². The van der Waals surface area contributed by atoms with E-state index >= 15 is 0 Å². The molecule has 0 spiro atoms. The van der Waals surface area contributed by atoms with Crippen molar-refractivity contribution in [2.45, 2.75) is 12.1 Å². The zero-order chi connectivity index (χ0) is 11.4. The molecule has 0 rings (SSSR count). The van der Waals surface area contributed by atoms with Crippen molar-refractivity contribution < 1.29 is 22.0 Å². The first kappa shape index (κ1) is 13.6. The molecule has 14 heavy (non-hydrogen) atoms. The second-order valence-electron chi connectivity index (χ2n) is 3.17. The summed E-state index contributed by atoms with van der Waals surface area (Å²) in [4.78, 5) is 0.553. The van der Waals surface area contributed by atoms with Crippen LogP contribution in [0.4, 0.5) is 22.0 Å². The van der Waals surface area contributed by atoms with Crippen LogP contribution in [-0.4, -0.2) is 50.7 Å². The Labute approximate surface area is 79.1 Å². The predicted octanol–water partition coefficient (Wildman–Crippen LogP) is 1.34. The highest BCUT2D eigenvalue weighted by atomic mass is 19.4. The predicted molar refractivity (Wildman–Crippen MR) is 42.4 cm³/mol. The molecule has 0 radical (unpaired) electrons. The van der Waals surface area contributed by atoms with Gasteiger partial charge >= 0.3 is 6.18 Å². The first-order chi connectivity index (χ1) is 6.16. The van der Waals surface area contributed by atoms with Gasteiger partial charge in [0.15, 0.2) is 0 Å². The summed E-state index contributed by atoms with van der Waals surface area (Å²) in [5, 5.41) is 2.22. The Morgan fingerprint density at radius 2 is 1.57 bits per heavy atom. The van der Waals surface area contributed by atoms with Crippen molar-refractivity contribution in [3.05, 3.63) is 0 Å². The lowest BCUT2D eigenvalue weighted by Gasteiger charge is -2.24. The Hall–Kier alpha value is -0.430. The van der Waals surface area contributed by atoms with E-state index in [4.69, 9.17) is 0 Å². The van der Waals surface area contributed by atoms with E-state index in [1.54, 1.807) is 0 Å². The largest absolute Gasteiger partial charge is 0.401 e. The quantitative estimate of drug-likeness (QED) is 0.703. The van der Waals surface area contributed by atoms with Crippen molar-refractivity contribution in [3.63, 3.8) is 0 Å². The second-order valence-corrected chi connectivity index (χ2v) is 3.17. The summed E-state index contributed by atoms with van der Waals surface area (Å²) >= 11 is 0. The maximum Gasteiger partial charge on any atom is 0.401 e. The molecule has 0 unspecified atom stereocenters. The van der Waals surface area contributed by atoms with E-state index in [2.05, 4.69) is 5.32 Å². The molecule has 0 aromatic rings. The fraction of sp³-hybridized carbons (Fsp3) is 1.00. The van der Waals surface area contributed by atoms with Crippen molar-refractivity contribution in [2.75, 3.05) is 33.7 Å². The molecule has 0 bridgehead atoms. The van der Waals surface area contributed by atoms with Gasteiger partial charge in [0, 0.05) is 0 Å². The van der Waals surface area contributed by atoms with Gasteiger partial charge in [-0.25, -0.2) is 8.78 Å². The molecule has 7 heteroatoms. The van der Waals surface area contributed by atoms with Crippen LogP contribution in [0, 0.1) is 0 Å². The standard InChI is InChI=1S/C7H13F5N2/c1-13-3-6(8,9)4-14(2)5-7(10,11)12/h13H,3-5H2,1-2H3. The number of nitrogens with one attached hydrogen (secondary N) is 1. The number of rotatable bonds is 5. The zero-order valence-electron chi connectivity index (χ0n) is 7.96. The molecule has 0 aromatic heterocycles. The van der Waals surface area contributed by atoms with Gasteiger partial charge < -0.3 is 5.32 Å². The monoisotopic (exact) mass is 220 g/mol. The minimum Gasteiger partial charge on any atom is -0.314 e. The van der Waals surface area contributed by atoms with E-state index in [0.29, 0.717) is 4.90 Å². The smallest absolute Gasteiger partial charge is 0.314 e. The minimum absolute atomic E-state index is 0.553. The van der Waals surface area contributed by atoms with Gasteiger partial charge in [0.1, 0.15) is 0 Å². The van der Waals surface area contributed by atoms with Crippen LogP contribution in [0.1, 0.15) is 0 Å². The number of nitrogens with zero attached hydrogens (tertiary/aromatic N) is 1. The van der Waals surface area contributed by atoms with E-state index in [0.717, 1.165) is 7.05 Å². The Balaban J connectivity index is 3.98. The first-order valence-corrected chi connectivity index (χ1v) is 3.94. The summed E-state index contributed by atoms with van der Waals surface area (Å²) in [5.74, 6) is -3.14. The molecular formula is C7H13F5N2. The maximum absolute atomic E-state index is 12.8. The molecule has 1 N–H and O–H groups in total. The molecule has 86 valence electrons. The fourth-order valence-electron chi connectivity index (χ4n) is 1.07. The molecule has 0 aliphatic rings. The van der Waals surface area contributed by atoms with Crippen LogP contribution in [0.2, 0.25) is 0 Å². The SMILES string of the molecule is CNCC(F)(F)CN(C)CC(F)(F)F. The lowest BCUT2D eigenvalue weighted by molar-refractivity contribution is -0.151. The molecule has 0 aliphatic heterocycles. The summed E-state index contributed by atoms with van der Waals surface area (Å²) in [6, 6.07) is 0. The van der Waals surface area contributed by atoms with Crippen molar-refractivity contribution in [3.8, 4) is 0 Å². The highest BCUT2D eigenvalue weighted by Gasteiger charge is 2.35. The summed E-state index contributed by atoms with van der Waals surface area (Å²) in [7, 11) is 2.33. The molecular weight excluding hydrogens is 207 g/mol. The third kappa shape index (κ3) is 7.02. The molecule has 0 aliphatic carbocycles. The van der Waals surface area contributed by atoms with Gasteiger partial charge in [0.25, 0.3) is 5.92 Å². The van der Waals surface area contributed by atoms with E-state index in [1.807, 2.05) is 0 Å². The molecule has 0 atom stereocenters. The molecule has 2 nitrogen and oxygen atoms in total. The van der Waals surface area contributed by atoms with E-state index < -0.39 is 31.7 Å². The fourth-order valence-corrected chi connectivity index (χ4v) is 1.07. The number of alkyl halides is 5.